The summed E-state index contributed by atoms with van der Waals surface area (Å²) in [5.74, 6) is -0.222. The second kappa shape index (κ2) is 3.03. The third-order valence-corrected chi connectivity index (χ3v) is 3.61. The Labute approximate surface area is 88.2 Å². The highest BCUT2D eigenvalue weighted by atomic mass is 19.1. The number of nitrogens with two attached hydrogens (primary N) is 1. The van der Waals surface area contributed by atoms with Crippen LogP contribution in [0.3, 0.4) is 0 Å². The molecule has 0 spiro atoms. The lowest BCUT2D eigenvalue weighted by Gasteiger charge is -2.31. The van der Waals surface area contributed by atoms with E-state index >= 15 is 0 Å². The van der Waals surface area contributed by atoms with E-state index in [1.807, 2.05) is 6.07 Å². The average Bonchev–Trinajstić information content (AvgIpc) is 2.78. The van der Waals surface area contributed by atoms with Gasteiger partial charge in [0.25, 0.3) is 0 Å². The molecule has 2 saturated heterocycles. The van der Waals surface area contributed by atoms with Crippen molar-refractivity contribution < 1.29 is 9.13 Å². The molecule has 2 fully saturated rings. The van der Waals surface area contributed by atoms with Crippen LogP contribution < -0.4 is 5.73 Å². The van der Waals surface area contributed by atoms with Gasteiger partial charge < -0.3 is 10.5 Å². The molecule has 0 amide bonds. The van der Waals surface area contributed by atoms with Crippen molar-refractivity contribution in [3.8, 4) is 0 Å². The fourth-order valence-electron chi connectivity index (χ4n) is 2.82. The van der Waals surface area contributed by atoms with E-state index in [0.717, 1.165) is 24.8 Å². The van der Waals surface area contributed by atoms with Crippen molar-refractivity contribution in [2.75, 3.05) is 0 Å². The van der Waals surface area contributed by atoms with Crippen LogP contribution in [0.25, 0.3) is 0 Å². The van der Waals surface area contributed by atoms with Crippen molar-refractivity contribution in [3.63, 3.8) is 0 Å². The highest BCUT2D eigenvalue weighted by Crippen LogP contribution is 2.45. The number of hydrogen-bond donors (Lipinski definition) is 1. The van der Waals surface area contributed by atoms with E-state index in [1.54, 1.807) is 6.07 Å². The molecule has 2 aliphatic heterocycles. The van der Waals surface area contributed by atoms with E-state index in [-0.39, 0.29) is 18.0 Å². The average molecular weight is 207 g/mol. The van der Waals surface area contributed by atoms with Gasteiger partial charge in [-0.2, -0.15) is 0 Å². The molecule has 3 atom stereocenters. The smallest absolute Gasteiger partial charge is 0.123 e. The van der Waals surface area contributed by atoms with Crippen LogP contribution >= 0.6 is 0 Å². The second-order valence-electron chi connectivity index (χ2n) is 4.58. The molecule has 2 heterocycles. The molecule has 1 aromatic carbocycles. The standard InChI is InChI=1S/C12H14FNO/c13-9-3-1-2-8(6-9)12(14)7-10-4-5-11(12)15-10/h1-3,6,10-11H,4-5,7,14H2. The molecule has 0 saturated carbocycles. The Hall–Kier alpha value is -0.930. The van der Waals surface area contributed by atoms with Crippen LogP contribution in [0.15, 0.2) is 24.3 Å². The summed E-state index contributed by atoms with van der Waals surface area (Å²) in [6, 6.07) is 6.59. The monoisotopic (exact) mass is 207 g/mol. The molecule has 80 valence electrons. The van der Waals surface area contributed by atoms with Gasteiger partial charge in [-0.15, -0.1) is 0 Å². The molecule has 2 bridgehead atoms. The van der Waals surface area contributed by atoms with Crippen molar-refractivity contribution in [2.24, 2.45) is 5.73 Å². The van der Waals surface area contributed by atoms with Gasteiger partial charge in [0.15, 0.2) is 0 Å². The number of halogens is 1. The molecule has 15 heavy (non-hydrogen) atoms. The van der Waals surface area contributed by atoms with Crippen molar-refractivity contribution in [3.05, 3.63) is 35.6 Å². The number of fused-ring (bicyclic) bond motifs is 2. The van der Waals surface area contributed by atoms with Crippen LogP contribution in [0.4, 0.5) is 4.39 Å². The Balaban J connectivity index is 2.00. The summed E-state index contributed by atoms with van der Waals surface area (Å²) < 4.78 is 18.9. The van der Waals surface area contributed by atoms with E-state index in [9.17, 15) is 4.39 Å². The van der Waals surface area contributed by atoms with Gasteiger partial charge in [-0.05, 0) is 37.0 Å². The van der Waals surface area contributed by atoms with E-state index < -0.39 is 5.54 Å². The zero-order valence-electron chi connectivity index (χ0n) is 8.45. The van der Waals surface area contributed by atoms with Gasteiger partial charge in [-0.1, -0.05) is 12.1 Å². The molecule has 3 heteroatoms. The SMILES string of the molecule is NC1(c2cccc(F)c2)CC2CCC1O2. The summed E-state index contributed by atoms with van der Waals surface area (Å²) in [5, 5.41) is 0. The van der Waals surface area contributed by atoms with E-state index in [2.05, 4.69) is 0 Å². The lowest BCUT2D eigenvalue weighted by molar-refractivity contribution is 0.0853. The minimum atomic E-state index is -0.467. The molecule has 0 aliphatic carbocycles. The molecule has 1 aromatic rings. The van der Waals surface area contributed by atoms with E-state index in [1.165, 1.54) is 12.1 Å². The summed E-state index contributed by atoms with van der Waals surface area (Å²) in [6.45, 7) is 0. The molecule has 3 unspecified atom stereocenters. The molecule has 2 N–H and O–H groups in total. The van der Waals surface area contributed by atoms with Gasteiger partial charge >= 0.3 is 0 Å². The van der Waals surface area contributed by atoms with E-state index in [4.69, 9.17) is 10.5 Å². The number of ether oxygens (including phenoxy) is 1. The van der Waals surface area contributed by atoms with Gasteiger partial charge in [-0.25, -0.2) is 4.39 Å². The van der Waals surface area contributed by atoms with Gasteiger partial charge in [0.2, 0.25) is 0 Å². The first-order valence-electron chi connectivity index (χ1n) is 5.39. The normalized spacial score (nSPS) is 38.5. The van der Waals surface area contributed by atoms with Crippen LogP contribution in [-0.2, 0) is 10.3 Å². The fourth-order valence-corrected chi connectivity index (χ4v) is 2.82. The molecular weight excluding hydrogens is 193 g/mol. The highest BCUT2D eigenvalue weighted by molar-refractivity contribution is 5.29. The Kier molecular flexibility index (Phi) is 1.88. The summed E-state index contributed by atoms with van der Waals surface area (Å²) in [5.41, 5.74) is 6.75. The Morgan fingerprint density at radius 3 is 2.87 bits per heavy atom. The zero-order valence-corrected chi connectivity index (χ0v) is 8.45. The lowest BCUT2D eigenvalue weighted by Crippen LogP contribution is -2.45. The van der Waals surface area contributed by atoms with Gasteiger partial charge in [-0.3, -0.25) is 0 Å². The predicted octanol–water partition coefficient (Wildman–Crippen LogP) is 1.93. The Morgan fingerprint density at radius 2 is 2.27 bits per heavy atom. The first kappa shape index (κ1) is 9.31. The van der Waals surface area contributed by atoms with Gasteiger partial charge in [0.05, 0.1) is 17.7 Å². The molecule has 0 radical (unpaired) electrons. The molecule has 2 nitrogen and oxygen atoms in total. The summed E-state index contributed by atoms with van der Waals surface area (Å²) >= 11 is 0. The topological polar surface area (TPSA) is 35.2 Å². The number of hydrogen-bond acceptors (Lipinski definition) is 2. The van der Waals surface area contributed by atoms with Crippen LogP contribution in [0.1, 0.15) is 24.8 Å². The molecule has 0 aromatic heterocycles. The third-order valence-electron chi connectivity index (χ3n) is 3.61. The maximum atomic E-state index is 13.1. The number of rotatable bonds is 1. The largest absolute Gasteiger partial charge is 0.373 e. The third kappa shape index (κ3) is 1.30. The summed E-state index contributed by atoms with van der Waals surface area (Å²) in [4.78, 5) is 0. The number of benzene rings is 1. The van der Waals surface area contributed by atoms with Gasteiger partial charge in [0.1, 0.15) is 5.82 Å². The maximum absolute atomic E-state index is 13.1. The fraction of sp³-hybridized carbons (Fsp3) is 0.500. The maximum Gasteiger partial charge on any atom is 0.123 e. The van der Waals surface area contributed by atoms with Gasteiger partial charge in [0, 0.05) is 0 Å². The molecular formula is C12H14FNO. The quantitative estimate of drug-likeness (QED) is 0.763. The second-order valence-corrected chi connectivity index (χ2v) is 4.58. The van der Waals surface area contributed by atoms with Crippen LogP contribution in [-0.4, -0.2) is 12.2 Å². The minimum Gasteiger partial charge on any atom is -0.373 e. The Bertz CT molecular complexity index is 395. The first-order valence-corrected chi connectivity index (χ1v) is 5.39. The first-order chi connectivity index (χ1) is 7.18. The van der Waals surface area contributed by atoms with Crippen molar-refractivity contribution >= 4 is 0 Å². The predicted molar refractivity (Wildman–Crippen MR) is 54.8 cm³/mol. The summed E-state index contributed by atoms with van der Waals surface area (Å²) in [7, 11) is 0. The lowest BCUT2D eigenvalue weighted by atomic mass is 9.77. The van der Waals surface area contributed by atoms with Crippen LogP contribution in [0.5, 0.6) is 0 Å². The zero-order chi connectivity index (χ0) is 10.5. The molecule has 3 rings (SSSR count). The highest BCUT2D eigenvalue weighted by Gasteiger charge is 2.50. The summed E-state index contributed by atoms with van der Waals surface area (Å²) in [6.07, 6.45) is 3.27. The minimum absolute atomic E-state index is 0.0734. The van der Waals surface area contributed by atoms with Crippen molar-refractivity contribution in [1.82, 2.24) is 0 Å². The van der Waals surface area contributed by atoms with Crippen molar-refractivity contribution in [2.45, 2.75) is 37.0 Å². The van der Waals surface area contributed by atoms with E-state index in [0.29, 0.717) is 0 Å². The van der Waals surface area contributed by atoms with Crippen LogP contribution in [0.2, 0.25) is 0 Å². The molecule has 2 aliphatic rings. The van der Waals surface area contributed by atoms with Crippen LogP contribution in [0, 0.1) is 5.82 Å². The Morgan fingerprint density at radius 1 is 1.40 bits per heavy atom. The van der Waals surface area contributed by atoms with Crippen molar-refractivity contribution in [1.29, 1.82) is 0 Å².